The lowest BCUT2D eigenvalue weighted by atomic mass is 10.1. The molecule has 0 atom stereocenters. The molecule has 2 heterocycles. The molecular formula is C26H24N4O5. The van der Waals surface area contributed by atoms with Crippen LogP contribution < -0.4 is 15.0 Å². The highest BCUT2D eigenvalue weighted by Gasteiger charge is 2.28. The third-order valence-electron chi connectivity index (χ3n) is 5.32. The fraction of sp³-hybridized carbons (Fsp3) is 0.192. The number of hydrogen-bond donors (Lipinski definition) is 1. The van der Waals surface area contributed by atoms with Crippen LogP contribution in [0, 0.1) is 0 Å². The van der Waals surface area contributed by atoms with Gasteiger partial charge in [-0.15, -0.1) is 0 Å². The molecule has 35 heavy (non-hydrogen) atoms. The van der Waals surface area contributed by atoms with Crippen molar-refractivity contribution in [1.82, 2.24) is 4.98 Å². The summed E-state index contributed by atoms with van der Waals surface area (Å²) in [5.41, 5.74) is 2.33. The molecule has 3 aromatic rings. The van der Waals surface area contributed by atoms with Gasteiger partial charge in [0, 0.05) is 6.20 Å². The van der Waals surface area contributed by atoms with Crippen molar-refractivity contribution >= 4 is 40.7 Å². The number of aromatic nitrogens is 1. The number of carbonyl (C=O) groups excluding carboxylic acids is 3. The maximum atomic E-state index is 13.3. The highest BCUT2D eigenvalue weighted by molar-refractivity contribution is 6.18. The van der Waals surface area contributed by atoms with Crippen LogP contribution in [-0.4, -0.2) is 48.7 Å². The highest BCUT2D eigenvalue weighted by atomic mass is 16.5. The third kappa shape index (κ3) is 5.35. The number of esters is 1. The maximum Gasteiger partial charge on any atom is 0.340 e. The van der Waals surface area contributed by atoms with Crippen molar-refractivity contribution in [3.05, 3.63) is 78.0 Å². The summed E-state index contributed by atoms with van der Waals surface area (Å²) < 4.78 is 10.3. The van der Waals surface area contributed by atoms with Gasteiger partial charge in [0.2, 0.25) is 11.8 Å². The number of nitrogens with one attached hydrogen (secondary N) is 1. The number of anilines is 2. The highest BCUT2D eigenvalue weighted by Crippen LogP contribution is 2.31. The molecule has 1 N–H and O–H groups in total. The summed E-state index contributed by atoms with van der Waals surface area (Å²) in [6, 6.07) is 17.3. The Morgan fingerprint density at radius 1 is 1.06 bits per heavy atom. The third-order valence-corrected chi connectivity index (χ3v) is 5.32. The minimum atomic E-state index is -0.543. The predicted octanol–water partition coefficient (Wildman–Crippen LogP) is 3.76. The Balaban J connectivity index is 1.58. The van der Waals surface area contributed by atoms with Crippen LogP contribution in [0.5, 0.6) is 5.75 Å². The number of ether oxygens (including phenoxy) is 2. The van der Waals surface area contributed by atoms with Crippen molar-refractivity contribution in [2.24, 2.45) is 4.99 Å². The van der Waals surface area contributed by atoms with E-state index >= 15 is 0 Å². The average molecular weight is 473 g/mol. The number of methoxy groups -OCH3 is 1. The van der Waals surface area contributed by atoms with Gasteiger partial charge < -0.3 is 14.8 Å². The molecule has 1 aliphatic heterocycles. The number of benzene rings is 2. The van der Waals surface area contributed by atoms with Gasteiger partial charge in [-0.2, -0.15) is 0 Å². The molecule has 1 aromatic heterocycles. The number of pyridine rings is 1. The van der Waals surface area contributed by atoms with Crippen LogP contribution in [0.1, 0.15) is 29.3 Å². The zero-order valence-corrected chi connectivity index (χ0v) is 19.4. The number of hydrogen-bond acceptors (Lipinski definition) is 7. The minimum Gasteiger partial charge on any atom is -0.497 e. The molecule has 0 aliphatic carbocycles. The minimum absolute atomic E-state index is 0.0185. The van der Waals surface area contributed by atoms with E-state index in [1.165, 1.54) is 4.90 Å². The van der Waals surface area contributed by atoms with Gasteiger partial charge in [-0.1, -0.05) is 12.1 Å². The van der Waals surface area contributed by atoms with Crippen molar-refractivity contribution in [2.75, 3.05) is 30.5 Å². The number of carbonyl (C=O) groups is 3. The smallest absolute Gasteiger partial charge is 0.340 e. The lowest BCUT2D eigenvalue weighted by Gasteiger charge is -2.21. The summed E-state index contributed by atoms with van der Waals surface area (Å²) in [6.07, 6.45) is 1.52. The molecule has 9 heteroatoms. The number of fused-ring (bicyclic) bond motifs is 1. The van der Waals surface area contributed by atoms with Crippen LogP contribution in [0.4, 0.5) is 17.2 Å². The molecule has 1 aliphatic rings. The molecule has 9 nitrogen and oxygen atoms in total. The number of para-hydroxylation sites is 1. The molecule has 0 unspecified atom stereocenters. The Kier molecular flexibility index (Phi) is 7.15. The van der Waals surface area contributed by atoms with E-state index in [1.54, 1.807) is 68.8 Å². The summed E-state index contributed by atoms with van der Waals surface area (Å²) in [4.78, 5) is 48.8. The average Bonchev–Trinajstić information content (AvgIpc) is 3.01. The molecule has 0 saturated heterocycles. The van der Waals surface area contributed by atoms with Crippen molar-refractivity contribution in [1.29, 1.82) is 0 Å². The molecule has 0 fully saturated rings. The van der Waals surface area contributed by atoms with E-state index in [-0.39, 0.29) is 36.9 Å². The van der Waals surface area contributed by atoms with Gasteiger partial charge in [0.1, 0.15) is 18.0 Å². The SMILES string of the molecule is CCOC(=O)c1ccccc1NC(=O)CN1C(=O)CC(c2ccc(OC)cc2)=Nc2cccnc21. The maximum absolute atomic E-state index is 13.3. The summed E-state index contributed by atoms with van der Waals surface area (Å²) in [5, 5.41) is 2.71. The van der Waals surface area contributed by atoms with E-state index in [1.807, 2.05) is 12.1 Å². The van der Waals surface area contributed by atoms with Crippen LogP contribution in [0.15, 0.2) is 71.9 Å². The number of aliphatic imine (C=N–C) groups is 1. The fourth-order valence-corrected chi connectivity index (χ4v) is 3.65. The molecule has 2 aromatic carbocycles. The van der Waals surface area contributed by atoms with E-state index < -0.39 is 11.9 Å². The Labute approximate surface area is 202 Å². The molecule has 0 saturated carbocycles. The van der Waals surface area contributed by atoms with Gasteiger partial charge in [0.25, 0.3) is 0 Å². The molecule has 4 rings (SSSR count). The van der Waals surface area contributed by atoms with Gasteiger partial charge in [-0.3, -0.25) is 14.5 Å². The summed E-state index contributed by atoms with van der Waals surface area (Å²) >= 11 is 0. The number of nitrogens with zero attached hydrogens (tertiary/aromatic N) is 3. The first-order chi connectivity index (χ1) is 17.0. The van der Waals surface area contributed by atoms with E-state index in [0.29, 0.717) is 22.8 Å². The molecule has 178 valence electrons. The van der Waals surface area contributed by atoms with E-state index in [2.05, 4.69) is 15.3 Å². The second-order valence-corrected chi connectivity index (χ2v) is 7.60. The van der Waals surface area contributed by atoms with Crippen molar-refractivity contribution < 1.29 is 23.9 Å². The second-order valence-electron chi connectivity index (χ2n) is 7.60. The largest absolute Gasteiger partial charge is 0.497 e. The van der Waals surface area contributed by atoms with Gasteiger partial charge in [0.15, 0.2) is 5.82 Å². The zero-order chi connectivity index (χ0) is 24.8. The van der Waals surface area contributed by atoms with E-state index in [0.717, 1.165) is 5.56 Å². The lowest BCUT2D eigenvalue weighted by Crippen LogP contribution is -2.39. The van der Waals surface area contributed by atoms with Gasteiger partial charge >= 0.3 is 5.97 Å². The fourth-order valence-electron chi connectivity index (χ4n) is 3.65. The van der Waals surface area contributed by atoms with Crippen molar-refractivity contribution in [3.8, 4) is 5.75 Å². The molecule has 0 spiro atoms. The summed E-state index contributed by atoms with van der Waals surface area (Å²) in [6.45, 7) is 1.62. The molecule has 0 bridgehead atoms. The van der Waals surface area contributed by atoms with Gasteiger partial charge in [-0.25, -0.2) is 14.8 Å². The normalized spacial score (nSPS) is 12.8. The first-order valence-electron chi connectivity index (χ1n) is 11.0. The lowest BCUT2D eigenvalue weighted by molar-refractivity contribution is -0.120. The Bertz CT molecular complexity index is 1290. The first kappa shape index (κ1) is 23.6. The summed E-state index contributed by atoms with van der Waals surface area (Å²) in [7, 11) is 1.58. The first-order valence-corrected chi connectivity index (χ1v) is 11.0. The van der Waals surface area contributed by atoms with Crippen LogP contribution in [0.25, 0.3) is 0 Å². The van der Waals surface area contributed by atoms with E-state index in [9.17, 15) is 14.4 Å². The topological polar surface area (TPSA) is 110 Å². The van der Waals surface area contributed by atoms with Gasteiger partial charge in [-0.05, 0) is 61.0 Å². The van der Waals surface area contributed by atoms with Crippen molar-refractivity contribution in [2.45, 2.75) is 13.3 Å². The zero-order valence-electron chi connectivity index (χ0n) is 19.4. The molecular weight excluding hydrogens is 448 g/mol. The number of amides is 2. The van der Waals surface area contributed by atoms with Crippen LogP contribution in [0.2, 0.25) is 0 Å². The van der Waals surface area contributed by atoms with Crippen molar-refractivity contribution in [3.63, 3.8) is 0 Å². The summed E-state index contributed by atoms with van der Waals surface area (Å²) in [5.74, 6) is -0.378. The van der Waals surface area contributed by atoms with Crippen LogP contribution in [0.3, 0.4) is 0 Å². The quantitative estimate of drug-likeness (QED) is 0.524. The van der Waals surface area contributed by atoms with Crippen LogP contribution in [-0.2, 0) is 14.3 Å². The van der Waals surface area contributed by atoms with Gasteiger partial charge in [0.05, 0.1) is 37.1 Å². The Hall–Kier alpha value is -4.53. The number of rotatable bonds is 7. The molecule has 0 radical (unpaired) electrons. The van der Waals surface area contributed by atoms with Crippen LogP contribution >= 0.6 is 0 Å². The Morgan fingerprint density at radius 2 is 1.83 bits per heavy atom. The molecule has 2 amide bonds. The van der Waals surface area contributed by atoms with E-state index in [4.69, 9.17) is 9.47 Å². The predicted molar refractivity (Wildman–Crippen MR) is 131 cm³/mol. The second kappa shape index (κ2) is 10.6. The Morgan fingerprint density at radius 3 is 2.57 bits per heavy atom. The monoisotopic (exact) mass is 472 g/mol. The standard InChI is InChI=1S/C26H24N4O5/c1-3-35-26(33)19-7-4-5-8-20(19)29-23(31)16-30-24(32)15-22(17-10-12-18(34-2)13-11-17)28-21-9-6-14-27-25(21)30/h4-14H,3,15-16H2,1-2H3,(H,29,31).